The van der Waals surface area contributed by atoms with Crippen molar-refractivity contribution in [3.8, 4) is 0 Å². The van der Waals surface area contributed by atoms with Gasteiger partial charge in [-0.05, 0) is 55.4 Å². The molecular formula is C23H31N5OS. The number of fused-ring (bicyclic) bond motifs is 1. The number of amides is 1. The summed E-state index contributed by atoms with van der Waals surface area (Å²) in [6, 6.07) is 1.98. The van der Waals surface area contributed by atoms with Crippen LogP contribution in [-0.4, -0.2) is 56.9 Å². The molecule has 1 aliphatic rings. The fraction of sp³-hybridized carbons (Fsp3) is 0.391. The van der Waals surface area contributed by atoms with Crippen molar-refractivity contribution in [1.82, 2.24) is 18.6 Å². The van der Waals surface area contributed by atoms with E-state index in [1.165, 1.54) is 0 Å². The lowest BCUT2D eigenvalue weighted by Crippen LogP contribution is -2.46. The van der Waals surface area contributed by atoms with E-state index in [4.69, 9.17) is 5.73 Å². The molecule has 0 unspecified atom stereocenters. The maximum atomic E-state index is 13.2. The maximum absolute atomic E-state index is 13.2. The predicted octanol–water partition coefficient (Wildman–Crippen LogP) is 3.75. The summed E-state index contributed by atoms with van der Waals surface area (Å²) < 4.78 is 4.18. The molecule has 0 spiro atoms. The molecule has 0 atom stereocenters. The van der Waals surface area contributed by atoms with Crippen LogP contribution in [-0.2, 0) is 6.54 Å². The highest BCUT2D eigenvalue weighted by molar-refractivity contribution is 7.96. The van der Waals surface area contributed by atoms with Crippen molar-refractivity contribution in [3.63, 3.8) is 0 Å². The van der Waals surface area contributed by atoms with Gasteiger partial charge in [0, 0.05) is 38.9 Å². The van der Waals surface area contributed by atoms with Gasteiger partial charge >= 0.3 is 0 Å². The van der Waals surface area contributed by atoms with Crippen molar-refractivity contribution >= 4 is 29.1 Å². The zero-order valence-electron chi connectivity index (χ0n) is 18.3. The van der Waals surface area contributed by atoms with Gasteiger partial charge in [0.2, 0.25) is 0 Å². The second-order valence-electron chi connectivity index (χ2n) is 7.59. The van der Waals surface area contributed by atoms with E-state index >= 15 is 0 Å². The van der Waals surface area contributed by atoms with E-state index in [9.17, 15) is 4.79 Å². The standard InChI is InChI=1S/C23H31N5OS/c1-6-16(2)11-17(3)18(4)20-15-28-21(14-25-22(28)12-19(20)13-24)23(29)26-7-9-27(30-5)10-8-26/h6,11-12,14-15H,1,7-10,13,24H2,2-5H3/b16-11-,18-17+. The van der Waals surface area contributed by atoms with Gasteiger partial charge in [-0.2, -0.15) is 0 Å². The van der Waals surface area contributed by atoms with Crippen LogP contribution in [0.3, 0.4) is 0 Å². The van der Waals surface area contributed by atoms with Crippen molar-refractivity contribution < 1.29 is 4.79 Å². The number of nitrogens with zero attached hydrogens (tertiary/aromatic N) is 4. The average Bonchev–Trinajstić information content (AvgIpc) is 3.19. The Morgan fingerprint density at radius 2 is 1.97 bits per heavy atom. The molecule has 1 amide bonds. The summed E-state index contributed by atoms with van der Waals surface area (Å²) >= 11 is 1.73. The molecule has 160 valence electrons. The Labute approximate surface area is 183 Å². The second kappa shape index (κ2) is 9.64. The van der Waals surface area contributed by atoms with Gasteiger partial charge in [-0.1, -0.05) is 36.3 Å². The molecule has 7 heteroatoms. The van der Waals surface area contributed by atoms with E-state index in [-0.39, 0.29) is 5.91 Å². The van der Waals surface area contributed by atoms with Crippen LogP contribution < -0.4 is 5.73 Å². The number of hydrogen-bond donors (Lipinski definition) is 1. The van der Waals surface area contributed by atoms with Gasteiger partial charge in [0.05, 0.1) is 6.20 Å². The first-order chi connectivity index (χ1) is 14.4. The first-order valence-electron chi connectivity index (χ1n) is 10.2. The number of imidazole rings is 1. The van der Waals surface area contributed by atoms with Gasteiger partial charge < -0.3 is 10.6 Å². The average molecular weight is 426 g/mol. The number of hydrogen-bond acceptors (Lipinski definition) is 5. The molecule has 1 aliphatic heterocycles. The first kappa shape index (κ1) is 22.3. The molecule has 6 nitrogen and oxygen atoms in total. The number of nitrogens with two attached hydrogens (primary N) is 1. The summed E-state index contributed by atoms with van der Waals surface area (Å²) in [5.74, 6) is 0.0236. The molecule has 1 saturated heterocycles. The van der Waals surface area contributed by atoms with E-state index in [0.29, 0.717) is 12.2 Å². The largest absolute Gasteiger partial charge is 0.335 e. The number of rotatable bonds is 6. The number of pyridine rings is 1. The van der Waals surface area contributed by atoms with Gasteiger partial charge in [0.15, 0.2) is 0 Å². The quantitative estimate of drug-likeness (QED) is 0.564. The molecule has 0 radical (unpaired) electrons. The van der Waals surface area contributed by atoms with Crippen LogP contribution in [0.15, 0.2) is 48.3 Å². The van der Waals surface area contributed by atoms with Crippen LogP contribution >= 0.6 is 11.9 Å². The van der Waals surface area contributed by atoms with Crippen LogP contribution in [0, 0.1) is 0 Å². The molecule has 2 N–H and O–H groups in total. The maximum Gasteiger partial charge on any atom is 0.272 e. The lowest BCUT2D eigenvalue weighted by molar-refractivity contribution is 0.0697. The lowest BCUT2D eigenvalue weighted by atomic mass is 9.98. The molecule has 0 saturated carbocycles. The second-order valence-corrected chi connectivity index (χ2v) is 8.47. The van der Waals surface area contributed by atoms with Crippen molar-refractivity contribution in [2.45, 2.75) is 27.3 Å². The Kier molecular flexibility index (Phi) is 7.18. The van der Waals surface area contributed by atoms with Gasteiger partial charge in [-0.3, -0.25) is 9.20 Å². The van der Waals surface area contributed by atoms with Crippen molar-refractivity contribution in [1.29, 1.82) is 0 Å². The van der Waals surface area contributed by atoms with Gasteiger partial charge in [0.1, 0.15) is 11.3 Å². The Morgan fingerprint density at radius 1 is 1.27 bits per heavy atom. The van der Waals surface area contributed by atoms with Crippen LogP contribution in [0.25, 0.3) is 11.2 Å². The number of piperazine rings is 1. The summed E-state index contributed by atoms with van der Waals surface area (Å²) in [6.07, 6.45) is 9.70. The Morgan fingerprint density at radius 3 is 2.57 bits per heavy atom. The smallest absolute Gasteiger partial charge is 0.272 e. The third-order valence-electron chi connectivity index (χ3n) is 5.72. The molecule has 0 aliphatic carbocycles. The van der Waals surface area contributed by atoms with Gasteiger partial charge in [0.25, 0.3) is 5.91 Å². The minimum Gasteiger partial charge on any atom is -0.335 e. The fourth-order valence-corrected chi connectivity index (χ4v) is 4.21. The van der Waals surface area contributed by atoms with Gasteiger partial charge in [-0.25, -0.2) is 9.29 Å². The summed E-state index contributed by atoms with van der Waals surface area (Å²) in [6.45, 7) is 13.6. The van der Waals surface area contributed by atoms with Crippen molar-refractivity contribution in [2.24, 2.45) is 5.73 Å². The summed E-state index contributed by atoms with van der Waals surface area (Å²) in [5, 5.41) is 0. The summed E-state index contributed by atoms with van der Waals surface area (Å²) in [7, 11) is 0. The predicted molar refractivity (Wildman–Crippen MR) is 126 cm³/mol. The highest BCUT2D eigenvalue weighted by atomic mass is 32.2. The third-order valence-corrected chi connectivity index (χ3v) is 6.60. The van der Waals surface area contributed by atoms with E-state index in [0.717, 1.165) is 59.7 Å². The van der Waals surface area contributed by atoms with E-state index in [2.05, 4.69) is 42.0 Å². The first-order valence-corrected chi connectivity index (χ1v) is 11.3. The Bertz CT molecular complexity index is 1010. The molecule has 0 aromatic carbocycles. The van der Waals surface area contributed by atoms with E-state index in [1.54, 1.807) is 18.1 Å². The Hall–Kier alpha value is -2.35. The molecule has 3 heterocycles. The molecule has 2 aromatic heterocycles. The van der Waals surface area contributed by atoms with Crippen molar-refractivity contribution in [3.05, 3.63) is 65.2 Å². The third kappa shape index (κ3) is 4.53. The topological polar surface area (TPSA) is 66.9 Å². The number of carbonyl (C=O) groups is 1. The van der Waals surface area contributed by atoms with E-state index < -0.39 is 0 Å². The fourth-order valence-electron chi connectivity index (χ4n) is 3.68. The monoisotopic (exact) mass is 425 g/mol. The van der Waals surface area contributed by atoms with E-state index in [1.807, 2.05) is 34.6 Å². The Balaban J connectivity index is 2.02. The molecule has 2 aromatic rings. The number of carbonyl (C=O) groups excluding carboxylic acids is 1. The summed E-state index contributed by atoms with van der Waals surface area (Å²) in [5.41, 5.74) is 12.8. The minimum atomic E-state index is 0.0236. The highest BCUT2D eigenvalue weighted by Gasteiger charge is 2.24. The molecule has 0 bridgehead atoms. The van der Waals surface area contributed by atoms with Crippen molar-refractivity contribution in [2.75, 3.05) is 32.4 Å². The number of aromatic nitrogens is 2. The number of allylic oxidation sites excluding steroid dienone is 5. The molecule has 3 rings (SSSR count). The van der Waals surface area contributed by atoms with Crippen LogP contribution in [0.4, 0.5) is 0 Å². The molecular weight excluding hydrogens is 394 g/mol. The normalized spacial score (nSPS) is 16.7. The SMILES string of the molecule is C=C/C(C)=C\C(C)=C(/C)c1cn2c(C(=O)N3CCN(SC)CC3)cnc2cc1CN. The van der Waals surface area contributed by atoms with Crippen LogP contribution in [0.2, 0.25) is 0 Å². The molecule has 30 heavy (non-hydrogen) atoms. The molecule has 1 fully saturated rings. The lowest BCUT2D eigenvalue weighted by Gasteiger charge is -2.33. The minimum absolute atomic E-state index is 0.0236. The van der Waals surface area contributed by atoms with Crippen LogP contribution in [0.1, 0.15) is 42.4 Å². The summed E-state index contributed by atoms with van der Waals surface area (Å²) in [4.78, 5) is 19.6. The zero-order valence-corrected chi connectivity index (χ0v) is 19.1. The highest BCUT2D eigenvalue weighted by Crippen LogP contribution is 2.26. The van der Waals surface area contributed by atoms with Gasteiger partial charge in [-0.15, -0.1) is 0 Å². The van der Waals surface area contributed by atoms with Crippen LogP contribution in [0.5, 0.6) is 0 Å². The zero-order chi connectivity index (χ0) is 21.8.